The molecule has 0 aliphatic rings. The molecule has 0 saturated carbocycles. The Bertz CT molecular complexity index is 443. The molecule has 0 radical (unpaired) electrons. The lowest BCUT2D eigenvalue weighted by atomic mass is 10.0. The van der Waals surface area contributed by atoms with Crippen molar-refractivity contribution in [1.29, 1.82) is 0 Å². The van der Waals surface area contributed by atoms with Crippen LogP contribution in [0.25, 0.3) is 0 Å². The third kappa shape index (κ3) is 4.56. The van der Waals surface area contributed by atoms with Gasteiger partial charge in [0.05, 0.1) is 13.0 Å². The first-order chi connectivity index (χ1) is 8.95. The summed E-state index contributed by atoms with van der Waals surface area (Å²) in [5.41, 5.74) is 3.51. The average molecular weight is 265 g/mol. The van der Waals surface area contributed by atoms with Gasteiger partial charge in [0.25, 0.3) is 0 Å². The molecular weight excluding hydrogens is 242 g/mol. The maximum absolute atomic E-state index is 10.7. The quantitative estimate of drug-likeness (QED) is 0.742. The van der Waals surface area contributed by atoms with E-state index in [1.165, 1.54) is 5.56 Å². The fourth-order valence-electron chi connectivity index (χ4n) is 2.15. The van der Waals surface area contributed by atoms with Crippen LogP contribution in [0.3, 0.4) is 0 Å². The number of aryl methyl sites for hydroxylation is 2. The van der Waals surface area contributed by atoms with Crippen LogP contribution in [0.15, 0.2) is 12.1 Å². The molecule has 1 aromatic carbocycles. The SMILES string of the molecule is COc1c(C)cc(C)cc1CCNCC(C)C(=O)O. The Balaban J connectivity index is 2.56. The first-order valence-corrected chi connectivity index (χ1v) is 6.53. The maximum atomic E-state index is 10.7. The van der Waals surface area contributed by atoms with E-state index >= 15 is 0 Å². The largest absolute Gasteiger partial charge is 0.496 e. The lowest BCUT2D eigenvalue weighted by Gasteiger charge is -2.14. The second-order valence-corrected chi connectivity index (χ2v) is 4.97. The molecule has 0 saturated heterocycles. The summed E-state index contributed by atoms with van der Waals surface area (Å²) in [4.78, 5) is 10.7. The third-order valence-electron chi connectivity index (χ3n) is 3.14. The minimum absolute atomic E-state index is 0.360. The number of ether oxygens (including phenoxy) is 1. The molecule has 106 valence electrons. The van der Waals surface area contributed by atoms with Crippen LogP contribution in [0.4, 0.5) is 0 Å². The summed E-state index contributed by atoms with van der Waals surface area (Å²) < 4.78 is 5.43. The van der Waals surface area contributed by atoms with Gasteiger partial charge in [-0.05, 0) is 37.9 Å². The van der Waals surface area contributed by atoms with Crippen LogP contribution in [0.2, 0.25) is 0 Å². The van der Waals surface area contributed by atoms with Gasteiger partial charge in [-0.25, -0.2) is 0 Å². The molecule has 0 aliphatic heterocycles. The number of carboxylic acids is 1. The zero-order valence-electron chi connectivity index (χ0n) is 12.1. The summed E-state index contributed by atoms with van der Waals surface area (Å²) in [5, 5.41) is 12.0. The van der Waals surface area contributed by atoms with Gasteiger partial charge in [-0.3, -0.25) is 4.79 Å². The molecule has 4 heteroatoms. The minimum atomic E-state index is -0.767. The molecule has 1 aromatic rings. The first kappa shape index (κ1) is 15.5. The summed E-state index contributed by atoms with van der Waals surface area (Å²) in [6.45, 7) is 7.04. The van der Waals surface area contributed by atoms with Crippen LogP contribution in [0.1, 0.15) is 23.6 Å². The van der Waals surface area contributed by atoms with Crippen molar-refractivity contribution in [2.24, 2.45) is 5.92 Å². The summed E-state index contributed by atoms with van der Waals surface area (Å²) >= 11 is 0. The zero-order valence-corrected chi connectivity index (χ0v) is 12.1. The Morgan fingerprint density at radius 1 is 1.42 bits per heavy atom. The van der Waals surface area contributed by atoms with Gasteiger partial charge in [-0.1, -0.05) is 24.6 Å². The van der Waals surface area contributed by atoms with Gasteiger partial charge >= 0.3 is 5.97 Å². The van der Waals surface area contributed by atoms with Crippen LogP contribution in [-0.2, 0) is 11.2 Å². The van der Waals surface area contributed by atoms with Gasteiger partial charge < -0.3 is 15.2 Å². The molecule has 0 amide bonds. The van der Waals surface area contributed by atoms with Crippen LogP contribution >= 0.6 is 0 Å². The van der Waals surface area contributed by atoms with Crippen molar-refractivity contribution >= 4 is 5.97 Å². The van der Waals surface area contributed by atoms with E-state index in [1.807, 2.05) is 6.92 Å². The maximum Gasteiger partial charge on any atom is 0.307 e. The highest BCUT2D eigenvalue weighted by molar-refractivity contribution is 5.69. The predicted octanol–water partition coefficient (Wildman–Crippen LogP) is 2.16. The number of carboxylic acid groups (broad SMARTS) is 1. The Kier molecular flexibility index (Phi) is 5.83. The first-order valence-electron chi connectivity index (χ1n) is 6.53. The van der Waals surface area contributed by atoms with Crippen LogP contribution in [0, 0.1) is 19.8 Å². The Morgan fingerprint density at radius 2 is 2.11 bits per heavy atom. The van der Waals surface area contributed by atoms with Crippen LogP contribution in [-0.4, -0.2) is 31.3 Å². The second-order valence-electron chi connectivity index (χ2n) is 4.97. The molecule has 0 heterocycles. The van der Waals surface area contributed by atoms with Gasteiger partial charge in [-0.15, -0.1) is 0 Å². The molecule has 1 atom stereocenters. The van der Waals surface area contributed by atoms with E-state index in [-0.39, 0.29) is 5.92 Å². The predicted molar refractivity (Wildman–Crippen MR) is 75.8 cm³/mol. The van der Waals surface area contributed by atoms with Gasteiger partial charge in [0.2, 0.25) is 0 Å². The van der Waals surface area contributed by atoms with E-state index in [0.717, 1.165) is 29.8 Å². The number of benzene rings is 1. The van der Waals surface area contributed by atoms with Gasteiger partial charge in [0.15, 0.2) is 0 Å². The van der Waals surface area contributed by atoms with Crippen molar-refractivity contribution < 1.29 is 14.6 Å². The number of hydrogen-bond donors (Lipinski definition) is 2. The molecule has 4 nitrogen and oxygen atoms in total. The molecule has 0 bridgehead atoms. The minimum Gasteiger partial charge on any atom is -0.496 e. The monoisotopic (exact) mass is 265 g/mol. The smallest absolute Gasteiger partial charge is 0.307 e. The van der Waals surface area contributed by atoms with Crippen molar-refractivity contribution in [2.75, 3.05) is 20.2 Å². The molecule has 0 fully saturated rings. The van der Waals surface area contributed by atoms with Gasteiger partial charge in [0, 0.05) is 6.54 Å². The highest BCUT2D eigenvalue weighted by Crippen LogP contribution is 2.25. The zero-order chi connectivity index (χ0) is 14.4. The van der Waals surface area contributed by atoms with Crippen molar-refractivity contribution in [1.82, 2.24) is 5.32 Å². The van der Waals surface area contributed by atoms with Crippen molar-refractivity contribution in [3.63, 3.8) is 0 Å². The van der Waals surface area contributed by atoms with Crippen molar-refractivity contribution in [3.05, 3.63) is 28.8 Å². The topological polar surface area (TPSA) is 58.6 Å². The molecule has 19 heavy (non-hydrogen) atoms. The second kappa shape index (κ2) is 7.14. The summed E-state index contributed by atoms with van der Waals surface area (Å²) in [6, 6.07) is 4.22. The normalized spacial score (nSPS) is 12.2. The standard InChI is InChI=1S/C15H23NO3/c1-10-7-11(2)14(19-4)13(8-10)5-6-16-9-12(3)15(17)18/h7-8,12,16H,5-6,9H2,1-4H3,(H,17,18). The molecule has 2 N–H and O–H groups in total. The highest BCUT2D eigenvalue weighted by Gasteiger charge is 2.10. The van der Waals surface area contributed by atoms with Crippen LogP contribution in [0.5, 0.6) is 5.75 Å². The molecule has 1 rings (SSSR count). The Labute approximate surface area is 114 Å². The average Bonchev–Trinajstić information content (AvgIpc) is 2.33. The number of aliphatic carboxylic acids is 1. The molecule has 0 aliphatic carbocycles. The summed E-state index contributed by atoms with van der Waals surface area (Å²) in [7, 11) is 1.68. The highest BCUT2D eigenvalue weighted by atomic mass is 16.5. The van der Waals surface area contributed by atoms with E-state index < -0.39 is 5.97 Å². The van der Waals surface area contributed by atoms with E-state index in [4.69, 9.17) is 9.84 Å². The van der Waals surface area contributed by atoms with E-state index in [0.29, 0.717) is 6.54 Å². The summed E-state index contributed by atoms with van der Waals surface area (Å²) in [5.74, 6) is -0.198. The van der Waals surface area contributed by atoms with Gasteiger partial charge in [-0.2, -0.15) is 0 Å². The molecule has 1 unspecified atom stereocenters. The van der Waals surface area contributed by atoms with Crippen molar-refractivity contribution in [3.8, 4) is 5.75 Å². The van der Waals surface area contributed by atoms with Crippen LogP contribution < -0.4 is 10.1 Å². The molecular formula is C15H23NO3. The number of hydrogen-bond acceptors (Lipinski definition) is 3. The third-order valence-corrected chi connectivity index (χ3v) is 3.14. The number of nitrogens with one attached hydrogen (secondary N) is 1. The Hall–Kier alpha value is -1.55. The van der Waals surface area contributed by atoms with E-state index in [2.05, 4.69) is 24.4 Å². The fraction of sp³-hybridized carbons (Fsp3) is 0.533. The van der Waals surface area contributed by atoms with Gasteiger partial charge in [0.1, 0.15) is 5.75 Å². The Morgan fingerprint density at radius 3 is 2.68 bits per heavy atom. The number of methoxy groups -OCH3 is 1. The number of carbonyl (C=O) groups is 1. The lowest BCUT2D eigenvalue weighted by molar-refractivity contribution is -0.140. The number of rotatable bonds is 7. The fourth-order valence-corrected chi connectivity index (χ4v) is 2.15. The van der Waals surface area contributed by atoms with Crippen molar-refractivity contribution in [2.45, 2.75) is 27.2 Å². The lowest BCUT2D eigenvalue weighted by Crippen LogP contribution is -2.27. The molecule has 0 aromatic heterocycles. The van der Waals surface area contributed by atoms with E-state index in [9.17, 15) is 4.79 Å². The summed E-state index contributed by atoms with van der Waals surface area (Å²) in [6.07, 6.45) is 0.831. The van der Waals surface area contributed by atoms with E-state index in [1.54, 1.807) is 14.0 Å². The molecule has 0 spiro atoms.